The van der Waals surface area contributed by atoms with Crippen molar-refractivity contribution in [1.82, 2.24) is 9.80 Å². The van der Waals surface area contributed by atoms with E-state index in [2.05, 4.69) is 21.2 Å². The number of rotatable bonds is 11. The van der Waals surface area contributed by atoms with Crippen molar-refractivity contribution in [1.29, 1.82) is 5.26 Å². The van der Waals surface area contributed by atoms with Gasteiger partial charge in [-0.25, -0.2) is 0 Å². The standard InChI is InChI=1S/C21H32N4O2/c1-26-11-12-27-10-9-25-16-19-14-24(15-20(19)17-25)8-2-7-23-21-5-3-18(13-22)4-6-21/h3-6,19-20,23H,2,7-12,14-17H2,1H3. The van der Waals surface area contributed by atoms with Crippen LogP contribution in [0, 0.1) is 23.2 Å². The van der Waals surface area contributed by atoms with Crippen LogP contribution in [0.15, 0.2) is 24.3 Å². The third-order valence-corrected chi connectivity index (χ3v) is 5.62. The predicted molar refractivity (Wildman–Crippen MR) is 107 cm³/mol. The molecule has 1 aromatic carbocycles. The maximum Gasteiger partial charge on any atom is 0.0991 e. The number of nitrogens with zero attached hydrogens (tertiary/aromatic N) is 3. The van der Waals surface area contributed by atoms with Crippen LogP contribution in [-0.4, -0.2) is 82.5 Å². The van der Waals surface area contributed by atoms with Crippen molar-refractivity contribution in [3.05, 3.63) is 29.8 Å². The zero-order chi connectivity index (χ0) is 18.9. The van der Waals surface area contributed by atoms with E-state index >= 15 is 0 Å². The smallest absolute Gasteiger partial charge is 0.0991 e. The second-order valence-corrected chi connectivity index (χ2v) is 7.61. The number of hydrogen-bond donors (Lipinski definition) is 1. The fourth-order valence-electron chi connectivity index (χ4n) is 4.19. The number of likely N-dealkylation sites (tertiary alicyclic amines) is 2. The minimum atomic E-state index is 0.681. The molecule has 1 N–H and O–H groups in total. The molecule has 0 amide bonds. The molecule has 0 spiro atoms. The van der Waals surface area contributed by atoms with Crippen molar-refractivity contribution in [2.45, 2.75) is 6.42 Å². The van der Waals surface area contributed by atoms with Gasteiger partial charge in [-0.3, -0.25) is 0 Å². The lowest BCUT2D eigenvalue weighted by Crippen LogP contribution is -2.32. The van der Waals surface area contributed by atoms with E-state index in [0.717, 1.165) is 50.2 Å². The van der Waals surface area contributed by atoms with Crippen molar-refractivity contribution in [3.63, 3.8) is 0 Å². The molecule has 2 fully saturated rings. The lowest BCUT2D eigenvalue weighted by atomic mass is 10.0. The van der Waals surface area contributed by atoms with Gasteiger partial charge >= 0.3 is 0 Å². The molecule has 27 heavy (non-hydrogen) atoms. The topological polar surface area (TPSA) is 60.8 Å². The van der Waals surface area contributed by atoms with Crippen LogP contribution in [-0.2, 0) is 9.47 Å². The molecule has 2 aliphatic heterocycles. The molecular formula is C21H32N4O2. The first-order valence-corrected chi connectivity index (χ1v) is 10.0. The summed E-state index contributed by atoms with van der Waals surface area (Å²) >= 11 is 0. The molecule has 0 aliphatic carbocycles. The second-order valence-electron chi connectivity index (χ2n) is 7.61. The molecule has 1 aromatic rings. The second kappa shape index (κ2) is 10.6. The molecule has 0 aromatic heterocycles. The van der Waals surface area contributed by atoms with Gasteiger partial charge in [0, 0.05) is 52.1 Å². The molecule has 6 heteroatoms. The Morgan fingerprint density at radius 2 is 1.67 bits per heavy atom. The molecule has 2 aliphatic rings. The number of ether oxygens (including phenoxy) is 2. The predicted octanol–water partition coefficient (Wildman–Crippen LogP) is 1.89. The molecule has 148 valence electrons. The van der Waals surface area contributed by atoms with E-state index in [-0.39, 0.29) is 0 Å². The summed E-state index contributed by atoms with van der Waals surface area (Å²) in [4.78, 5) is 5.19. The number of nitriles is 1. The molecule has 2 saturated heterocycles. The van der Waals surface area contributed by atoms with Crippen LogP contribution < -0.4 is 5.32 Å². The summed E-state index contributed by atoms with van der Waals surface area (Å²) in [6.07, 6.45) is 1.15. The molecule has 0 radical (unpaired) electrons. The summed E-state index contributed by atoms with van der Waals surface area (Å²) in [5.74, 6) is 1.66. The highest BCUT2D eigenvalue weighted by atomic mass is 16.5. The molecule has 0 saturated carbocycles. The van der Waals surface area contributed by atoms with E-state index in [0.29, 0.717) is 18.8 Å². The molecule has 3 rings (SSSR count). The van der Waals surface area contributed by atoms with Gasteiger partial charge in [-0.15, -0.1) is 0 Å². The Balaban J connectivity index is 1.25. The zero-order valence-corrected chi connectivity index (χ0v) is 16.4. The first-order chi connectivity index (χ1) is 13.3. The van der Waals surface area contributed by atoms with Gasteiger partial charge in [-0.05, 0) is 49.1 Å². The van der Waals surface area contributed by atoms with E-state index in [1.165, 1.54) is 26.2 Å². The van der Waals surface area contributed by atoms with Crippen molar-refractivity contribution >= 4 is 5.69 Å². The highest BCUT2D eigenvalue weighted by molar-refractivity contribution is 5.47. The maximum absolute atomic E-state index is 8.83. The van der Waals surface area contributed by atoms with E-state index in [1.54, 1.807) is 7.11 Å². The molecular weight excluding hydrogens is 340 g/mol. The fourth-order valence-corrected chi connectivity index (χ4v) is 4.19. The minimum absolute atomic E-state index is 0.681. The van der Waals surface area contributed by atoms with Gasteiger partial charge < -0.3 is 24.6 Å². The number of fused-ring (bicyclic) bond motifs is 1. The summed E-state index contributed by atoms with van der Waals surface area (Å²) in [5, 5.41) is 12.3. The van der Waals surface area contributed by atoms with Gasteiger partial charge in [-0.2, -0.15) is 5.26 Å². The van der Waals surface area contributed by atoms with Crippen LogP contribution in [0.1, 0.15) is 12.0 Å². The Labute approximate surface area is 163 Å². The lowest BCUT2D eigenvalue weighted by Gasteiger charge is -2.21. The normalized spacial score (nSPS) is 22.7. The monoisotopic (exact) mass is 372 g/mol. The Morgan fingerprint density at radius 1 is 1.00 bits per heavy atom. The zero-order valence-electron chi connectivity index (χ0n) is 16.4. The summed E-state index contributed by atoms with van der Waals surface area (Å²) in [6, 6.07) is 9.83. The highest BCUT2D eigenvalue weighted by Crippen LogP contribution is 2.30. The van der Waals surface area contributed by atoms with E-state index in [9.17, 15) is 0 Å². The average molecular weight is 373 g/mol. The third-order valence-electron chi connectivity index (χ3n) is 5.62. The number of hydrogen-bond acceptors (Lipinski definition) is 6. The Kier molecular flexibility index (Phi) is 7.91. The maximum atomic E-state index is 8.83. The van der Waals surface area contributed by atoms with Crippen LogP contribution >= 0.6 is 0 Å². The Morgan fingerprint density at radius 3 is 2.30 bits per heavy atom. The number of methoxy groups -OCH3 is 1. The largest absolute Gasteiger partial charge is 0.385 e. The van der Waals surface area contributed by atoms with Crippen LogP contribution in [0.3, 0.4) is 0 Å². The highest BCUT2D eigenvalue weighted by Gasteiger charge is 2.39. The van der Waals surface area contributed by atoms with Crippen LogP contribution in [0.5, 0.6) is 0 Å². The van der Waals surface area contributed by atoms with Gasteiger partial charge in [0.15, 0.2) is 0 Å². The van der Waals surface area contributed by atoms with Gasteiger partial charge in [0.2, 0.25) is 0 Å². The van der Waals surface area contributed by atoms with E-state index in [4.69, 9.17) is 14.7 Å². The summed E-state index contributed by atoms with van der Waals surface area (Å²) < 4.78 is 10.6. The molecule has 2 atom stereocenters. The van der Waals surface area contributed by atoms with E-state index in [1.807, 2.05) is 24.3 Å². The van der Waals surface area contributed by atoms with Crippen molar-refractivity contribution in [2.24, 2.45) is 11.8 Å². The van der Waals surface area contributed by atoms with Gasteiger partial charge in [0.05, 0.1) is 31.5 Å². The van der Waals surface area contributed by atoms with Crippen molar-refractivity contribution < 1.29 is 9.47 Å². The average Bonchev–Trinajstić information content (AvgIpc) is 3.24. The first-order valence-electron chi connectivity index (χ1n) is 10.0. The summed E-state index contributed by atoms with van der Waals surface area (Å²) in [7, 11) is 1.71. The first kappa shape index (κ1) is 20.1. The minimum Gasteiger partial charge on any atom is -0.385 e. The van der Waals surface area contributed by atoms with Crippen LogP contribution in [0.2, 0.25) is 0 Å². The number of benzene rings is 1. The quantitative estimate of drug-likeness (QED) is 0.599. The summed E-state index contributed by atoms with van der Waals surface area (Å²) in [5.41, 5.74) is 1.80. The van der Waals surface area contributed by atoms with Crippen molar-refractivity contribution in [2.75, 3.05) is 78.1 Å². The molecule has 0 bridgehead atoms. The SMILES string of the molecule is COCCOCCN1CC2CN(CCCNc3ccc(C#N)cc3)CC2C1. The molecule has 2 unspecified atom stereocenters. The van der Waals surface area contributed by atoms with Gasteiger partial charge in [0.25, 0.3) is 0 Å². The summed E-state index contributed by atoms with van der Waals surface area (Å²) in [6.45, 7) is 10.3. The van der Waals surface area contributed by atoms with Crippen LogP contribution in [0.25, 0.3) is 0 Å². The Bertz CT molecular complexity index is 587. The van der Waals surface area contributed by atoms with Gasteiger partial charge in [-0.1, -0.05) is 0 Å². The third kappa shape index (κ3) is 6.18. The van der Waals surface area contributed by atoms with Gasteiger partial charge in [0.1, 0.15) is 0 Å². The number of nitrogens with one attached hydrogen (secondary N) is 1. The molecule has 6 nitrogen and oxygen atoms in total. The Hall–Kier alpha value is -1.65. The van der Waals surface area contributed by atoms with Crippen LogP contribution in [0.4, 0.5) is 5.69 Å². The fraction of sp³-hybridized carbons (Fsp3) is 0.667. The molecule has 2 heterocycles. The van der Waals surface area contributed by atoms with E-state index < -0.39 is 0 Å². The number of anilines is 1. The lowest BCUT2D eigenvalue weighted by molar-refractivity contribution is 0.0589. The van der Waals surface area contributed by atoms with Crippen molar-refractivity contribution in [3.8, 4) is 6.07 Å².